The van der Waals surface area contributed by atoms with E-state index in [0.717, 1.165) is 35.4 Å². The fourth-order valence-electron chi connectivity index (χ4n) is 3.08. The lowest BCUT2D eigenvalue weighted by atomic mass is 10.1. The van der Waals surface area contributed by atoms with Crippen molar-refractivity contribution in [1.82, 2.24) is 5.32 Å². The second-order valence-corrected chi connectivity index (χ2v) is 7.16. The molecular formula is C24H25ClFNO3. The normalized spacial score (nSPS) is 10.7. The zero-order chi connectivity index (χ0) is 21.3. The average Bonchev–Trinajstić information content (AvgIpc) is 2.77. The molecule has 0 amide bonds. The maximum Gasteiger partial charge on any atom is 0.163 e. The third-order valence-electron chi connectivity index (χ3n) is 4.72. The van der Waals surface area contributed by atoms with Gasteiger partial charge in [-0.2, -0.15) is 0 Å². The molecule has 1 N–H and O–H groups in total. The first-order chi connectivity index (χ1) is 14.6. The number of para-hydroxylation sites is 1. The van der Waals surface area contributed by atoms with Gasteiger partial charge < -0.3 is 19.5 Å². The second kappa shape index (κ2) is 10.9. The largest absolute Gasteiger partial charge is 0.496 e. The summed E-state index contributed by atoms with van der Waals surface area (Å²) in [5.41, 5.74) is 2.93. The Bertz CT molecular complexity index is 963. The second-order valence-electron chi connectivity index (χ2n) is 6.75. The van der Waals surface area contributed by atoms with E-state index in [-0.39, 0.29) is 5.82 Å². The van der Waals surface area contributed by atoms with Crippen molar-refractivity contribution in [2.75, 3.05) is 20.8 Å². The van der Waals surface area contributed by atoms with Gasteiger partial charge in [0.15, 0.2) is 11.5 Å². The van der Waals surface area contributed by atoms with Crippen LogP contribution in [0.25, 0.3) is 0 Å². The number of halogens is 2. The number of hydrogen-bond acceptors (Lipinski definition) is 4. The lowest BCUT2D eigenvalue weighted by Gasteiger charge is -2.15. The highest BCUT2D eigenvalue weighted by Crippen LogP contribution is 2.34. The summed E-state index contributed by atoms with van der Waals surface area (Å²) in [4.78, 5) is 0. The summed E-state index contributed by atoms with van der Waals surface area (Å²) in [5, 5.41) is 4.00. The lowest BCUT2D eigenvalue weighted by Crippen LogP contribution is -2.17. The Morgan fingerprint density at radius 3 is 2.33 bits per heavy atom. The van der Waals surface area contributed by atoms with Crippen molar-refractivity contribution in [3.8, 4) is 17.2 Å². The molecule has 0 unspecified atom stereocenters. The molecule has 0 atom stereocenters. The van der Waals surface area contributed by atoms with Gasteiger partial charge in [-0.1, -0.05) is 41.9 Å². The average molecular weight is 430 g/mol. The molecule has 0 spiro atoms. The summed E-state index contributed by atoms with van der Waals surface area (Å²) in [6, 6.07) is 17.8. The Balaban J connectivity index is 1.58. The van der Waals surface area contributed by atoms with Crippen molar-refractivity contribution in [3.63, 3.8) is 0 Å². The summed E-state index contributed by atoms with van der Waals surface area (Å²) in [6.07, 6.45) is 0.845. The molecule has 0 saturated heterocycles. The Morgan fingerprint density at radius 1 is 0.867 bits per heavy atom. The van der Waals surface area contributed by atoms with Crippen LogP contribution >= 0.6 is 11.6 Å². The van der Waals surface area contributed by atoms with Gasteiger partial charge >= 0.3 is 0 Å². The highest BCUT2D eigenvalue weighted by Gasteiger charge is 2.11. The van der Waals surface area contributed by atoms with Gasteiger partial charge in [0, 0.05) is 17.6 Å². The van der Waals surface area contributed by atoms with E-state index in [2.05, 4.69) is 11.4 Å². The van der Waals surface area contributed by atoms with Crippen LogP contribution in [-0.4, -0.2) is 20.8 Å². The molecule has 3 aromatic rings. The zero-order valence-electron chi connectivity index (χ0n) is 17.1. The van der Waals surface area contributed by atoms with Crippen LogP contribution in [0.4, 0.5) is 4.39 Å². The van der Waals surface area contributed by atoms with E-state index in [4.69, 9.17) is 25.8 Å². The number of nitrogens with one attached hydrogen (secondary N) is 1. The lowest BCUT2D eigenvalue weighted by molar-refractivity contribution is 0.284. The van der Waals surface area contributed by atoms with E-state index >= 15 is 0 Å². The Labute approximate surface area is 181 Å². The van der Waals surface area contributed by atoms with Gasteiger partial charge in [-0.25, -0.2) is 4.39 Å². The van der Waals surface area contributed by atoms with Gasteiger partial charge in [-0.05, 0) is 53.9 Å². The van der Waals surface area contributed by atoms with Crippen LogP contribution in [0.2, 0.25) is 5.02 Å². The Kier molecular flexibility index (Phi) is 7.94. The molecule has 158 valence electrons. The molecule has 0 bridgehead atoms. The molecule has 0 heterocycles. The van der Waals surface area contributed by atoms with Crippen molar-refractivity contribution in [2.24, 2.45) is 0 Å². The van der Waals surface area contributed by atoms with Gasteiger partial charge in [0.05, 0.1) is 14.2 Å². The van der Waals surface area contributed by atoms with Gasteiger partial charge in [-0.15, -0.1) is 0 Å². The predicted octanol–water partition coefficient (Wildman–Crippen LogP) is 5.41. The quantitative estimate of drug-likeness (QED) is 0.437. The zero-order valence-corrected chi connectivity index (χ0v) is 17.8. The standard InChI is InChI=1S/C24H25ClFNO3/c1-28-22-6-4-3-5-18(22)11-12-27-15-19-13-23(29-2)24(14-21(19)25)30-16-17-7-9-20(26)10-8-17/h3-10,13-14,27H,11-12,15-16H2,1-2H3. The molecule has 4 nitrogen and oxygen atoms in total. The molecule has 0 aromatic heterocycles. The SMILES string of the molecule is COc1ccccc1CCNCc1cc(OC)c(OCc2ccc(F)cc2)cc1Cl. The first kappa shape index (κ1) is 21.9. The molecule has 0 aliphatic heterocycles. The van der Waals surface area contributed by atoms with E-state index in [1.165, 1.54) is 12.1 Å². The minimum atomic E-state index is -0.276. The monoisotopic (exact) mass is 429 g/mol. The first-order valence-corrected chi connectivity index (χ1v) is 10.0. The Hall–Kier alpha value is -2.76. The van der Waals surface area contributed by atoms with Crippen LogP contribution in [0.1, 0.15) is 16.7 Å². The third-order valence-corrected chi connectivity index (χ3v) is 5.07. The molecule has 6 heteroatoms. The van der Waals surface area contributed by atoms with Gasteiger partial charge in [0.1, 0.15) is 18.2 Å². The minimum Gasteiger partial charge on any atom is -0.496 e. The molecule has 0 aliphatic rings. The minimum absolute atomic E-state index is 0.276. The summed E-state index contributed by atoms with van der Waals surface area (Å²) in [5.74, 6) is 1.76. The molecule has 30 heavy (non-hydrogen) atoms. The maximum absolute atomic E-state index is 13.0. The molecular weight excluding hydrogens is 405 g/mol. The van der Waals surface area contributed by atoms with Gasteiger partial charge in [-0.3, -0.25) is 0 Å². The Morgan fingerprint density at radius 2 is 1.60 bits per heavy atom. The van der Waals surface area contributed by atoms with Crippen LogP contribution in [0.3, 0.4) is 0 Å². The van der Waals surface area contributed by atoms with Gasteiger partial charge in [0.25, 0.3) is 0 Å². The van der Waals surface area contributed by atoms with E-state index in [1.54, 1.807) is 32.4 Å². The highest BCUT2D eigenvalue weighted by atomic mass is 35.5. The number of ether oxygens (including phenoxy) is 3. The van der Waals surface area contributed by atoms with Crippen molar-refractivity contribution in [3.05, 3.63) is 88.2 Å². The van der Waals surface area contributed by atoms with Crippen molar-refractivity contribution < 1.29 is 18.6 Å². The predicted molar refractivity (Wildman–Crippen MR) is 117 cm³/mol. The number of rotatable bonds is 10. The fraction of sp³-hybridized carbons (Fsp3) is 0.250. The summed E-state index contributed by atoms with van der Waals surface area (Å²) >= 11 is 6.46. The summed E-state index contributed by atoms with van der Waals surface area (Å²) in [7, 11) is 3.27. The van der Waals surface area contributed by atoms with E-state index in [9.17, 15) is 4.39 Å². The molecule has 0 fully saturated rings. The first-order valence-electron chi connectivity index (χ1n) is 9.67. The van der Waals surface area contributed by atoms with E-state index in [1.807, 2.05) is 24.3 Å². The number of hydrogen-bond donors (Lipinski definition) is 1. The molecule has 0 aliphatic carbocycles. The molecule has 3 rings (SSSR count). The van der Waals surface area contributed by atoms with Gasteiger partial charge in [0.2, 0.25) is 0 Å². The summed E-state index contributed by atoms with van der Waals surface area (Å²) in [6.45, 7) is 1.67. The van der Waals surface area contributed by atoms with Crippen LogP contribution in [0.5, 0.6) is 17.2 Å². The highest BCUT2D eigenvalue weighted by molar-refractivity contribution is 6.31. The van der Waals surface area contributed by atoms with E-state index in [0.29, 0.717) is 29.7 Å². The van der Waals surface area contributed by atoms with Crippen LogP contribution in [-0.2, 0) is 19.6 Å². The maximum atomic E-state index is 13.0. The topological polar surface area (TPSA) is 39.7 Å². The molecule has 3 aromatic carbocycles. The fourth-order valence-corrected chi connectivity index (χ4v) is 3.30. The third kappa shape index (κ3) is 5.88. The van der Waals surface area contributed by atoms with Crippen LogP contribution < -0.4 is 19.5 Å². The van der Waals surface area contributed by atoms with Crippen LogP contribution in [0.15, 0.2) is 60.7 Å². The van der Waals surface area contributed by atoms with Crippen molar-refractivity contribution >= 4 is 11.6 Å². The summed E-state index contributed by atoms with van der Waals surface area (Å²) < 4.78 is 29.7. The molecule has 0 saturated carbocycles. The van der Waals surface area contributed by atoms with Crippen molar-refractivity contribution in [2.45, 2.75) is 19.6 Å². The number of methoxy groups -OCH3 is 2. The molecule has 0 radical (unpaired) electrons. The smallest absolute Gasteiger partial charge is 0.163 e. The van der Waals surface area contributed by atoms with Crippen LogP contribution in [0, 0.1) is 5.82 Å². The van der Waals surface area contributed by atoms with E-state index < -0.39 is 0 Å². The number of benzene rings is 3. The van der Waals surface area contributed by atoms with Crippen molar-refractivity contribution in [1.29, 1.82) is 0 Å².